The van der Waals surface area contributed by atoms with Crippen molar-refractivity contribution in [2.24, 2.45) is 0 Å². The van der Waals surface area contributed by atoms with Crippen molar-refractivity contribution < 1.29 is 9.59 Å². The number of amides is 2. The third kappa shape index (κ3) is 3.95. The van der Waals surface area contributed by atoms with Crippen LogP contribution in [0.5, 0.6) is 0 Å². The Morgan fingerprint density at radius 2 is 2.19 bits per heavy atom. The number of carbonyl (C=O) groups excluding carboxylic acids is 2. The second-order valence-corrected chi connectivity index (χ2v) is 3.94. The molecule has 0 aliphatic carbocycles. The fourth-order valence-electron chi connectivity index (χ4n) is 0.978. The first-order valence-electron chi connectivity index (χ1n) is 4.79. The number of likely N-dealkylation sites (N-methyl/N-ethyl adjacent to an activating group) is 1. The van der Waals surface area contributed by atoms with Gasteiger partial charge in [-0.1, -0.05) is 0 Å². The third-order valence-electron chi connectivity index (χ3n) is 1.68. The van der Waals surface area contributed by atoms with Crippen molar-refractivity contribution in [1.82, 2.24) is 15.6 Å². The van der Waals surface area contributed by atoms with Crippen LogP contribution in [0.15, 0.2) is 5.38 Å². The molecule has 0 aromatic carbocycles. The maximum absolute atomic E-state index is 11.5. The van der Waals surface area contributed by atoms with Crippen molar-refractivity contribution in [3.05, 3.63) is 11.1 Å². The molecule has 0 saturated carbocycles. The summed E-state index contributed by atoms with van der Waals surface area (Å²) in [4.78, 5) is 26.2. The Kier molecular flexibility index (Phi) is 4.87. The van der Waals surface area contributed by atoms with Crippen LogP contribution in [0.2, 0.25) is 0 Å². The van der Waals surface area contributed by atoms with Gasteiger partial charge in [0.2, 0.25) is 5.91 Å². The standard InChI is InChI=1S/C9H14N4O2S/c1-6(14)12-9-13-7(5-16-9)8(15)11-4-3-10-2/h5,10H,3-4H2,1-2H3,(H,11,15)(H,12,13,14). The van der Waals surface area contributed by atoms with Gasteiger partial charge in [-0.25, -0.2) is 4.98 Å². The van der Waals surface area contributed by atoms with Gasteiger partial charge < -0.3 is 16.0 Å². The molecule has 0 saturated heterocycles. The zero-order valence-electron chi connectivity index (χ0n) is 9.16. The molecule has 1 aromatic rings. The fourth-order valence-corrected chi connectivity index (χ4v) is 1.71. The highest BCUT2D eigenvalue weighted by molar-refractivity contribution is 7.14. The molecule has 3 N–H and O–H groups in total. The van der Waals surface area contributed by atoms with Crippen LogP contribution in [0.1, 0.15) is 17.4 Å². The second-order valence-electron chi connectivity index (χ2n) is 3.08. The van der Waals surface area contributed by atoms with Crippen molar-refractivity contribution in [2.75, 3.05) is 25.5 Å². The molecule has 1 aromatic heterocycles. The first-order valence-corrected chi connectivity index (χ1v) is 5.67. The normalized spacial score (nSPS) is 9.88. The monoisotopic (exact) mass is 242 g/mol. The van der Waals surface area contributed by atoms with Crippen molar-refractivity contribution in [2.45, 2.75) is 6.92 Å². The topological polar surface area (TPSA) is 83.1 Å². The fraction of sp³-hybridized carbons (Fsp3) is 0.444. The summed E-state index contributed by atoms with van der Waals surface area (Å²) in [7, 11) is 1.81. The van der Waals surface area contributed by atoms with E-state index in [2.05, 4.69) is 20.9 Å². The molecule has 88 valence electrons. The van der Waals surface area contributed by atoms with E-state index in [1.54, 1.807) is 5.38 Å². The minimum Gasteiger partial charge on any atom is -0.349 e. The molecule has 0 fully saturated rings. The van der Waals surface area contributed by atoms with E-state index in [0.29, 0.717) is 23.9 Å². The molecule has 0 unspecified atom stereocenters. The van der Waals surface area contributed by atoms with Gasteiger partial charge in [0.15, 0.2) is 5.13 Å². The predicted molar refractivity (Wildman–Crippen MR) is 62.7 cm³/mol. The highest BCUT2D eigenvalue weighted by atomic mass is 32.1. The molecule has 6 nitrogen and oxygen atoms in total. The van der Waals surface area contributed by atoms with Gasteiger partial charge in [-0.15, -0.1) is 11.3 Å². The molecule has 0 aliphatic heterocycles. The van der Waals surface area contributed by atoms with Gasteiger partial charge >= 0.3 is 0 Å². The van der Waals surface area contributed by atoms with Gasteiger partial charge in [0.05, 0.1) is 0 Å². The summed E-state index contributed by atoms with van der Waals surface area (Å²) in [5.41, 5.74) is 0.324. The van der Waals surface area contributed by atoms with Crippen LogP contribution in [0, 0.1) is 0 Å². The third-order valence-corrected chi connectivity index (χ3v) is 2.44. The Hall–Kier alpha value is -1.47. The van der Waals surface area contributed by atoms with E-state index in [1.165, 1.54) is 18.3 Å². The smallest absolute Gasteiger partial charge is 0.270 e. The molecular formula is C9H14N4O2S. The first-order chi connectivity index (χ1) is 7.63. The minimum atomic E-state index is -0.233. The van der Waals surface area contributed by atoms with E-state index in [9.17, 15) is 9.59 Å². The molecule has 7 heteroatoms. The number of anilines is 1. The molecule has 16 heavy (non-hydrogen) atoms. The maximum atomic E-state index is 11.5. The molecule has 0 atom stereocenters. The second kappa shape index (κ2) is 6.19. The summed E-state index contributed by atoms with van der Waals surface area (Å²) < 4.78 is 0. The zero-order valence-corrected chi connectivity index (χ0v) is 9.98. The van der Waals surface area contributed by atoms with Crippen LogP contribution in [0.4, 0.5) is 5.13 Å². The van der Waals surface area contributed by atoms with E-state index in [-0.39, 0.29) is 11.8 Å². The Morgan fingerprint density at radius 3 is 2.81 bits per heavy atom. The molecule has 1 rings (SSSR count). The largest absolute Gasteiger partial charge is 0.349 e. The van der Waals surface area contributed by atoms with Crippen molar-refractivity contribution in [3.8, 4) is 0 Å². The number of thiazole rings is 1. The van der Waals surface area contributed by atoms with Gasteiger partial charge in [-0.2, -0.15) is 0 Å². The first kappa shape index (κ1) is 12.6. The molecular weight excluding hydrogens is 228 g/mol. The van der Waals surface area contributed by atoms with Crippen molar-refractivity contribution >= 4 is 28.3 Å². The summed E-state index contributed by atoms with van der Waals surface area (Å²) in [5, 5.41) is 10.2. The van der Waals surface area contributed by atoms with E-state index in [1.807, 2.05) is 7.05 Å². The molecule has 1 heterocycles. The Morgan fingerprint density at radius 1 is 1.44 bits per heavy atom. The Balaban J connectivity index is 2.49. The van der Waals surface area contributed by atoms with E-state index >= 15 is 0 Å². The summed E-state index contributed by atoms with van der Waals surface area (Å²) in [6.07, 6.45) is 0. The highest BCUT2D eigenvalue weighted by Crippen LogP contribution is 2.14. The van der Waals surface area contributed by atoms with Gasteiger partial charge in [-0.05, 0) is 7.05 Å². The zero-order chi connectivity index (χ0) is 12.0. The molecule has 2 amide bonds. The van der Waals surface area contributed by atoms with Crippen molar-refractivity contribution in [1.29, 1.82) is 0 Å². The average Bonchev–Trinajstić information content (AvgIpc) is 2.65. The Labute approximate surface area is 97.5 Å². The van der Waals surface area contributed by atoms with E-state index in [4.69, 9.17) is 0 Å². The summed E-state index contributed by atoms with van der Waals surface area (Å²) in [5.74, 6) is -0.431. The van der Waals surface area contributed by atoms with Crippen molar-refractivity contribution in [3.63, 3.8) is 0 Å². The van der Waals surface area contributed by atoms with Gasteiger partial charge in [0.25, 0.3) is 5.91 Å². The predicted octanol–water partition coefficient (Wildman–Crippen LogP) is 0.0507. The highest BCUT2D eigenvalue weighted by Gasteiger charge is 2.10. The summed E-state index contributed by atoms with van der Waals surface area (Å²) in [6, 6.07) is 0. The maximum Gasteiger partial charge on any atom is 0.270 e. The number of hydrogen-bond donors (Lipinski definition) is 3. The summed E-state index contributed by atoms with van der Waals surface area (Å²) in [6.45, 7) is 2.64. The Bertz CT molecular complexity index is 377. The van der Waals surface area contributed by atoms with Gasteiger partial charge in [0.1, 0.15) is 5.69 Å². The van der Waals surface area contributed by atoms with Gasteiger partial charge in [-0.3, -0.25) is 9.59 Å². The van der Waals surface area contributed by atoms with E-state index in [0.717, 1.165) is 0 Å². The molecule has 0 aliphatic rings. The number of aromatic nitrogens is 1. The molecule has 0 bridgehead atoms. The number of nitrogens with one attached hydrogen (secondary N) is 3. The van der Waals surface area contributed by atoms with Gasteiger partial charge in [0, 0.05) is 25.4 Å². The van der Waals surface area contributed by atoms with Crippen LogP contribution >= 0.6 is 11.3 Å². The summed E-state index contributed by atoms with van der Waals surface area (Å²) >= 11 is 1.23. The number of hydrogen-bond acceptors (Lipinski definition) is 5. The lowest BCUT2D eigenvalue weighted by atomic mass is 10.4. The lowest BCUT2D eigenvalue weighted by Crippen LogP contribution is -2.30. The lowest BCUT2D eigenvalue weighted by Gasteiger charge is -2.01. The SMILES string of the molecule is CNCCNC(=O)c1csc(NC(C)=O)n1. The van der Waals surface area contributed by atoms with Crippen LogP contribution in [-0.2, 0) is 4.79 Å². The minimum absolute atomic E-state index is 0.198. The molecule has 0 radical (unpaired) electrons. The van der Waals surface area contributed by atoms with Crippen LogP contribution < -0.4 is 16.0 Å². The quantitative estimate of drug-likeness (QED) is 0.637. The van der Waals surface area contributed by atoms with Crippen LogP contribution in [-0.4, -0.2) is 36.9 Å². The number of rotatable bonds is 5. The number of nitrogens with zero attached hydrogens (tertiary/aromatic N) is 1. The number of carbonyl (C=O) groups is 2. The van der Waals surface area contributed by atoms with E-state index < -0.39 is 0 Å². The lowest BCUT2D eigenvalue weighted by molar-refractivity contribution is -0.114. The van der Waals surface area contributed by atoms with Crippen LogP contribution in [0.3, 0.4) is 0 Å². The average molecular weight is 242 g/mol. The van der Waals surface area contributed by atoms with Crippen LogP contribution in [0.25, 0.3) is 0 Å². The molecule has 0 spiro atoms.